The van der Waals surface area contributed by atoms with Gasteiger partial charge in [-0.2, -0.15) is 0 Å². The number of amides is 1. The third kappa shape index (κ3) is 2.49. The van der Waals surface area contributed by atoms with Crippen molar-refractivity contribution in [2.75, 3.05) is 18.1 Å². The molecule has 4 bridgehead atoms. The lowest BCUT2D eigenvalue weighted by atomic mass is 9.49. The first-order valence-electron chi connectivity index (χ1n) is 9.68. The topological polar surface area (TPSA) is 46.6 Å². The van der Waals surface area contributed by atoms with Crippen LogP contribution in [0.25, 0.3) is 0 Å². The molecule has 0 atom stereocenters. The Balaban J connectivity index is 1.25. The molecule has 1 aromatic rings. The zero-order valence-corrected chi connectivity index (χ0v) is 14.6. The van der Waals surface area contributed by atoms with Gasteiger partial charge in [0.2, 0.25) is 0 Å². The van der Waals surface area contributed by atoms with Gasteiger partial charge in [-0.1, -0.05) is 18.2 Å². The number of rotatable bonds is 3. The standard InChI is InChI=1S/C21H25NO3/c23-19(22-6-5-17-3-1-2-4-18(17)22)13-25-20(24)21-10-14-7-15(11-21)9-16(8-14)12-21/h1-4,14-16H,5-13H2. The van der Waals surface area contributed by atoms with Gasteiger partial charge in [0.15, 0.2) is 6.61 Å². The molecule has 4 aliphatic carbocycles. The molecule has 0 saturated heterocycles. The van der Waals surface area contributed by atoms with Crippen molar-refractivity contribution < 1.29 is 14.3 Å². The fourth-order valence-corrected chi connectivity index (χ4v) is 6.32. The molecule has 5 aliphatic rings. The van der Waals surface area contributed by atoms with Crippen LogP contribution in [-0.2, 0) is 20.7 Å². The van der Waals surface area contributed by atoms with Crippen LogP contribution in [-0.4, -0.2) is 25.0 Å². The zero-order valence-electron chi connectivity index (χ0n) is 14.6. The minimum Gasteiger partial charge on any atom is -0.455 e. The zero-order chi connectivity index (χ0) is 17.0. The minimum atomic E-state index is -0.280. The molecule has 0 unspecified atom stereocenters. The number of carbonyl (C=O) groups excluding carboxylic acids is 2. The molecule has 1 aromatic carbocycles. The van der Waals surface area contributed by atoms with Crippen LogP contribution in [0.1, 0.15) is 44.1 Å². The van der Waals surface area contributed by atoms with Crippen molar-refractivity contribution in [1.82, 2.24) is 0 Å². The van der Waals surface area contributed by atoms with E-state index in [0.29, 0.717) is 24.3 Å². The molecule has 4 heteroatoms. The number of hydrogen-bond acceptors (Lipinski definition) is 3. The van der Waals surface area contributed by atoms with E-state index in [2.05, 4.69) is 6.07 Å². The highest BCUT2D eigenvalue weighted by atomic mass is 16.5. The molecule has 25 heavy (non-hydrogen) atoms. The van der Waals surface area contributed by atoms with Gasteiger partial charge in [-0.05, 0) is 74.3 Å². The molecule has 4 nitrogen and oxygen atoms in total. The molecule has 0 radical (unpaired) electrons. The van der Waals surface area contributed by atoms with Gasteiger partial charge in [0.25, 0.3) is 5.91 Å². The van der Waals surface area contributed by atoms with Crippen LogP contribution >= 0.6 is 0 Å². The molecule has 4 saturated carbocycles. The van der Waals surface area contributed by atoms with Crippen LogP contribution in [0.5, 0.6) is 0 Å². The number of nitrogens with zero attached hydrogens (tertiary/aromatic N) is 1. The lowest BCUT2D eigenvalue weighted by Gasteiger charge is -2.55. The van der Waals surface area contributed by atoms with Crippen molar-refractivity contribution in [3.8, 4) is 0 Å². The molecule has 1 heterocycles. The van der Waals surface area contributed by atoms with E-state index in [-0.39, 0.29) is 23.9 Å². The number of para-hydroxylation sites is 1. The number of benzene rings is 1. The monoisotopic (exact) mass is 339 g/mol. The van der Waals surface area contributed by atoms with Crippen molar-refractivity contribution in [3.05, 3.63) is 29.8 Å². The van der Waals surface area contributed by atoms with Gasteiger partial charge in [-0.3, -0.25) is 9.59 Å². The van der Waals surface area contributed by atoms with E-state index in [9.17, 15) is 9.59 Å². The summed E-state index contributed by atoms with van der Waals surface area (Å²) in [6.45, 7) is 0.571. The second-order valence-electron chi connectivity index (χ2n) is 8.70. The Hall–Kier alpha value is -1.84. The fourth-order valence-electron chi connectivity index (χ4n) is 6.32. The highest BCUT2D eigenvalue weighted by molar-refractivity contribution is 5.97. The normalized spacial score (nSPS) is 34.9. The van der Waals surface area contributed by atoms with E-state index in [4.69, 9.17) is 4.74 Å². The predicted molar refractivity (Wildman–Crippen MR) is 94.1 cm³/mol. The van der Waals surface area contributed by atoms with Crippen molar-refractivity contribution in [1.29, 1.82) is 0 Å². The average Bonchev–Trinajstić information content (AvgIpc) is 3.02. The molecule has 132 valence electrons. The van der Waals surface area contributed by atoms with Crippen molar-refractivity contribution >= 4 is 17.6 Å². The lowest BCUT2D eigenvalue weighted by Crippen LogP contribution is -2.51. The maximum Gasteiger partial charge on any atom is 0.312 e. The Bertz CT molecular complexity index is 690. The summed E-state index contributed by atoms with van der Waals surface area (Å²) in [5.74, 6) is 1.93. The quantitative estimate of drug-likeness (QED) is 0.794. The second kappa shape index (κ2) is 5.58. The Morgan fingerprint density at radius 1 is 1.04 bits per heavy atom. The summed E-state index contributed by atoms with van der Waals surface area (Å²) in [4.78, 5) is 27.2. The fraction of sp³-hybridized carbons (Fsp3) is 0.619. The van der Waals surface area contributed by atoms with Crippen LogP contribution in [0.3, 0.4) is 0 Å². The number of ether oxygens (including phenoxy) is 1. The lowest BCUT2D eigenvalue weighted by molar-refractivity contribution is -0.172. The average molecular weight is 339 g/mol. The van der Waals surface area contributed by atoms with Crippen LogP contribution in [0.2, 0.25) is 0 Å². The minimum absolute atomic E-state index is 0.0944. The highest BCUT2D eigenvalue weighted by Crippen LogP contribution is 2.60. The van der Waals surface area contributed by atoms with Gasteiger partial charge in [-0.15, -0.1) is 0 Å². The number of fused-ring (bicyclic) bond motifs is 1. The van der Waals surface area contributed by atoms with Crippen molar-refractivity contribution in [2.45, 2.75) is 44.9 Å². The van der Waals surface area contributed by atoms with Crippen LogP contribution < -0.4 is 4.90 Å². The van der Waals surface area contributed by atoms with E-state index >= 15 is 0 Å². The van der Waals surface area contributed by atoms with E-state index in [1.165, 1.54) is 24.8 Å². The van der Waals surface area contributed by atoms with Crippen LogP contribution in [0.15, 0.2) is 24.3 Å². The summed E-state index contributed by atoms with van der Waals surface area (Å²) < 4.78 is 5.59. The summed E-state index contributed by atoms with van der Waals surface area (Å²) in [5, 5.41) is 0. The van der Waals surface area contributed by atoms with Gasteiger partial charge in [0.05, 0.1) is 5.41 Å². The van der Waals surface area contributed by atoms with Crippen molar-refractivity contribution in [3.63, 3.8) is 0 Å². The number of hydrogen-bond donors (Lipinski definition) is 0. The summed E-state index contributed by atoms with van der Waals surface area (Å²) in [7, 11) is 0. The van der Waals surface area contributed by atoms with Crippen LogP contribution in [0.4, 0.5) is 5.69 Å². The molecule has 0 spiro atoms. The van der Waals surface area contributed by atoms with Gasteiger partial charge in [0.1, 0.15) is 0 Å². The van der Waals surface area contributed by atoms with E-state index in [0.717, 1.165) is 31.4 Å². The molecule has 1 amide bonds. The maximum absolute atomic E-state index is 12.9. The maximum atomic E-state index is 12.9. The largest absolute Gasteiger partial charge is 0.455 e. The Morgan fingerprint density at radius 2 is 1.68 bits per heavy atom. The third-order valence-corrected chi connectivity index (χ3v) is 6.99. The summed E-state index contributed by atoms with van der Waals surface area (Å²) in [5.41, 5.74) is 1.89. The van der Waals surface area contributed by atoms with Gasteiger partial charge in [0, 0.05) is 12.2 Å². The molecular weight excluding hydrogens is 314 g/mol. The summed E-state index contributed by atoms with van der Waals surface area (Å²) in [6.07, 6.45) is 7.74. The second-order valence-corrected chi connectivity index (χ2v) is 8.70. The first-order valence-corrected chi connectivity index (χ1v) is 9.68. The Kier molecular flexibility index (Phi) is 3.44. The number of esters is 1. The Morgan fingerprint density at radius 3 is 2.36 bits per heavy atom. The number of anilines is 1. The molecule has 0 N–H and O–H groups in total. The third-order valence-electron chi connectivity index (χ3n) is 6.99. The van der Waals surface area contributed by atoms with E-state index in [1.54, 1.807) is 4.90 Å². The smallest absolute Gasteiger partial charge is 0.312 e. The predicted octanol–water partition coefficient (Wildman–Crippen LogP) is 3.34. The molecule has 0 aromatic heterocycles. The van der Waals surface area contributed by atoms with Crippen LogP contribution in [0, 0.1) is 23.2 Å². The Labute approximate surface area is 148 Å². The van der Waals surface area contributed by atoms with E-state index < -0.39 is 0 Å². The first-order chi connectivity index (χ1) is 12.1. The van der Waals surface area contributed by atoms with E-state index in [1.807, 2.05) is 18.2 Å². The highest BCUT2D eigenvalue weighted by Gasteiger charge is 2.55. The molecule has 4 fully saturated rings. The van der Waals surface area contributed by atoms with Gasteiger partial charge < -0.3 is 9.64 Å². The van der Waals surface area contributed by atoms with Gasteiger partial charge >= 0.3 is 5.97 Å². The molecular formula is C21H25NO3. The van der Waals surface area contributed by atoms with Gasteiger partial charge in [-0.25, -0.2) is 0 Å². The molecule has 6 rings (SSSR count). The summed E-state index contributed by atoms with van der Waals surface area (Å²) in [6, 6.07) is 7.98. The summed E-state index contributed by atoms with van der Waals surface area (Å²) >= 11 is 0. The number of carbonyl (C=O) groups is 2. The molecule has 1 aliphatic heterocycles. The first kappa shape index (κ1) is 15.4. The SMILES string of the molecule is O=C(COC(=O)C12CC3CC(CC(C3)C1)C2)N1CCc2ccccc21. The van der Waals surface area contributed by atoms with Crippen molar-refractivity contribution in [2.24, 2.45) is 23.2 Å².